The fourth-order valence-electron chi connectivity index (χ4n) is 1.97. The van der Waals surface area contributed by atoms with Crippen LogP contribution in [0.3, 0.4) is 0 Å². The topological polar surface area (TPSA) is 75.7 Å². The predicted molar refractivity (Wildman–Crippen MR) is 82.3 cm³/mol. The second kappa shape index (κ2) is 5.49. The Balaban J connectivity index is 1.95. The molecule has 1 N–H and O–H groups in total. The number of para-hydroxylation sites is 1. The zero-order valence-corrected chi connectivity index (χ0v) is 12.1. The lowest BCUT2D eigenvalue weighted by Gasteiger charge is -2.01. The number of aromatic hydroxyl groups is 1. The number of benzene rings is 1. The number of hydrogen-bond acceptors (Lipinski definition) is 6. The Labute approximate surface area is 124 Å². The molecule has 0 fully saturated rings. The van der Waals surface area contributed by atoms with E-state index in [1.165, 1.54) is 6.21 Å². The lowest BCUT2D eigenvalue weighted by atomic mass is 10.1. The highest BCUT2D eigenvalue weighted by Gasteiger charge is 2.11. The van der Waals surface area contributed by atoms with Gasteiger partial charge in [-0.05, 0) is 19.1 Å². The van der Waals surface area contributed by atoms with Crippen molar-refractivity contribution in [2.24, 2.45) is 4.99 Å². The standard InChI is InChI=1S/C15H12N2O3S/c1-9-17-10(8-21-9)6-16-7-12-14(18)11-4-2-3-5-13(11)20-15(12)19/h2-5,7-8,18H,6H2,1H3. The van der Waals surface area contributed by atoms with Gasteiger partial charge >= 0.3 is 5.63 Å². The minimum absolute atomic E-state index is 0.0562. The Morgan fingerprint density at radius 1 is 1.43 bits per heavy atom. The van der Waals surface area contributed by atoms with E-state index in [0.29, 0.717) is 17.5 Å². The SMILES string of the molecule is Cc1nc(CN=Cc2c(O)c3ccccc3oc2=O)cs1. The van der Waals surface area contributed by atoms with Crippen LogP contribution in [-0.2, 0) is 6.54 Å². The van der Waals surface area contributed by atoms with E-state index in [0.717, 1.165) is 10.7 Å². The molecule has 0 aliphatic heterocycles. The molecule has 0 aliphatic carbocycles. The summed E-state index contributed by atoms with van der Waals surface area (Å²) >= 11 is 1.54. The number of thiazole rings is 1. The third kappa shape index (κ3) is 2.71. The molecule has 1 aromatic carbocycles. The van der Waals surface area contributed by atoms with E-state index < -0.39 is 5.63 Å². The molecule has 2 heterocycles. The van der Waals surface area contributed by atoms with Gasteiger partial charge in [0.2, 0.25) is 0 Å². The molecule has 0 amide bonds. The van der Waals surface area contributed by atoms with E-state index in [1.54, 1.807) is 35.6 Å². The highest BCUT2D eigenvalue weighted by Crippen LogP contribution is 2.24. The Bertz CT molecular complexity index is 880. The maximum absolute atomic E-state index is 11.9. The lowest BCUT2D eigenvalue weighted by Crippen LogP contribution is -2.07. The van der Waals surface area contributed by atoms with E-state index in [2.05, 4.69) is 9.98 Å². The normalized spacial score (nSPS) is 11.5. The molecule has 21 heavy (non-hydrogen) atoms. The zero-order valence-electron chi connectivity index (χ0n) is 11.2. The fraction of sp³-hybridized carbons (Fsp3) is 0.133. The van der Waals surface area contributed by atoms with Crippen molar-refractivity contribution in [3.8, 4) is 5.75 Å². The first-order valence-electron chi connectivity index (χ1n) is 6.31. The van der Waals surface area contributed by atoms with Gasteiger partial charge in [-0.3, -0.25) is 4.99 Å². The molecule has 2 aromatic heterocycles. The summed E-state index contributed by atoms with van der Waals surface area (Å²) in [4.78, 5) is 20.3. The van der Waals surface area contributed by atoms with Crippen LogP contribution in [0.1, 0.15) is 16.3 Å². The van der Waals surface area contributed by atoms with Gasteiger partial charge in [-0.1, -0.05) is 12.1 Å². The molecule has 0 radical (unpaired) electrons. The first-order chi connectivity index (χ1) is 10.1. The average Bonchev–Trinajstić information content (AvgIpc) is 2.88. The Kier molecular flexibility index (Phi) is 3.53. The second-order valence-electron chi connectivity index (χ2n) is 4.48. The largest absolute Gasteiger partial charge is 0.506 e. The molecule has 5 nitrogen and oxygen atoms in total. The maximum Gasteiger partial charge on any atom is 0.348 e. The summed E-state index contributed by atoms with van der Waals surface area (Å²) in [5.74, 6) is -0.111. The summed E-state index contributed by atoms with van der Waals surface area (Å²) in [6.45, 7) is 2.28. The molecule has 3 aromatic rings. The Hall–Kier alpha value is -2.47. The van der Waals surface area contributed by atoms with Gasteiger partial charge in [-0.2, -0.15) is 0 Å². The third-order valence-electron chi connectivity index (χ3n) is 2.96. The first-order valence-corrected chi connectivity index (χ1v) is 7.19. The highest BCUT2D eigenvalue weighted by molar-refractivity contribution is 7.09. The third-order valence-corrected chi connectivity index (χ3v) is 3.78. The van der Waals surface area contributed by atoms with Crippen LogP contribution < -0.4 is 5.63 Å². The van der Waals surface area contributed by atoms with Gasteiger partial charge in [0.1, 0.15) is 16.9 Å². The van der Waals surface area contributed by atoms with Gasteiger partial charge in [0.15, 0.2) is 0 Å². The predicted octanol–water partition coefficient (Wildman–Crippen LogP) is 2.88. The van der Waals surface area contributed by atoms with Gasteiger partial charge in [0, 0.05) is 11.6 Å². The Morgan fingerprint density at radius 3 is 3.00 bits per heavy atom. The van der Waals surface area contributed by atoms with Crippen LogP contribution in [0, 0.1) is 6.92 Å². The van der Waals surface area contributed by atoms with Gasteiger partial charge in [-0.15, -0.1) is 11.3 Å². The maximum atomic E-state index is 11.9. The van der Waals surface area contributed by atoms with Crippen molar-refractivity contribution in [2.45, 2.75) is 13.5 Å². The van der Waals surface area contributed by atoms with Crippen LogP contribution in [0.15, 0.2) is 43.8 Å². The van der Waals surface area contributed by atoms with E-state index in [9.17, 15) is 9.90 Å². The molecule has 0 atom stereocenters. The zero-order chi connectivity index (χ0) is 14.8. The van der Waals surface area contributed by atoms with Crippen molar-refractivity contribution < 1.29 is 9.52 Å². The quantitative estimate of drug-likeness (QED) is 0.596. The van der Waals surface area contributed by atoms with Gasteiger partial charge in [0.25, 0.3) is 0 Å². The molecular formula is C15H12N2O3S. The van der Waals surface area contributed by atoms with Crippen molar-refractivity contribution >= 4 is 28.5 Å². The molecule has 106 valence electrons. The van der Waals surface area contributed by atoms with Crippen LogP contribution in [0.4, 0.5) is 0 Å². The summed E-state index contributed by atoms with van der Waals surface area (Å²) in [5.41, 5.74) is 0.635. The summed E-state index contributed by atoms with van der Waals surface area (Å²) in [5, 5.41) is 13.5. The Morgan fingerprint density at radius 2 is 2.24 bits per heavy atom. The lowest BCUT2D eigenvalue weighted by molar-refractivity contribution is 0.466. The van der Waals surface area contributed by atoms with Crippen LogP contribution in [0.5, 0.6) is 5.75 Å². The number of hydrogen-bond donors (Lipinski definition) is 1. The molecule has 0 unspecified atom stereocenters. The molecular weight excluding hydrogens is 288 g/mol. The van der Waals surface area contributed by atoms with Crippen LogP contribution in [0.2, 0.25) is 0 Å². The molecule has 3 rings (SSSR count). The smallest absolute Gasteiger partial charge is 0.348 e. The molecule has 0 spiro atoms. The van der Waals surface area contributed by atoms with Crippen molar-refractivity contribution in [1.82, 2.24) is 4.98 Å². The molecule has 0 saturated carbocycles. The van der Waals surface area contributed by atoms with Crippen molar-refractivity contribution in [2.75, 3.05) is 0 Å². The number of nitrogens with zero attached hydrogens (tertiary/aromatic N) is 2. The van der Waals surface area contributed by atoms with Gasteiger partial charge in [-0.25, -0.2) is 9.78 Å². The summed E-state index contributed by atoms with van der Waals surface area (Å²) in [6.07, 6.45) is 1.34. The minimum Gasteiger partial charge on any atom is -0.506 e. The van der Waals surface area contributed by atoms with E-state index >= 15 is 0 Å². The van der Waals surface area contributed by atoms with Crippen molar-refractivity contribution in [3.05, 3.63) is 56.3 Å². The van der Waals surface area contributed by atoms with E-state index in [1.807, 2.05) is 12.3 Å². The highest BCUT2D eigenvalue weighted by atomic mass is 32.1. The minimum atomic E-state index is -0.607. The van der Waals surface area contributed by atoms with E-state index in [-0.39, 0.29) is 11.3 Å². The molecule has 0 bridgehead atoms. The van der Waals surface area contributed by atoms with Crippen LogP contribution >= 0.6 is 11.3 Å². The van der Waals surface area contributed by atoms with Gasteiger partial charge in [0.05, 0.1) is 22.6 Å². The molecule has 6 heteroatoms. The number of aliphatic imine (C=N–C) groups is 1. The summed E-state index contributed by atoms with van der Waals surface area (Å²) < 4.78 is 5.16. The average molecular weight is 300 g/mol. The number of fused-ring (bicyclic) bond motifs is 1. The molecule has 0 saturated heterocycles. The monoisotopic (exact) mass is 300 g/mol. The number of aromatic nitrogens is 1. The van der Waals surface area contributed by atoms with Crippen molar-refractivity contribution in [3.63, 3.8) is 0 Å². The molecule has 0 aliphatic rings. The van der Waals surface area contributed by atoms with Crippen LogP contribution in [-0.4, -0.2) is 16.3 Å². The number of rotatable bonds is 3. The fourth-order valence-corrected chi connectivity index (χ4v) is 2.58. The second-order valence-corrected chi connectivity index (χ2v) is 5.54. The summed E-state index contributed by atoms with van der Waals surface area (Å²) in [6, 6.07) is 6.83. The van der Waals surface area contributed by atoms with Gasteiger partial charge < -0.3 is 9.52 Å². The number of aryl methyl sites for hydroxylation is 1. The van der Waals surface area contributed by atoms with Crippen LogP contribution in [0.25, 0.3) is 11.0 Å². The van der Waals surface area contributed by atoms with E-state index in [4.69, 9.17) is 4.42 Å². The van der Waals surface area contributed by atoms with Crippen molar-refractivity contribution in [1.29, 1.82) is 0 Å². The summed E-state index contributed by atoms with van der Waals surface area (Å²) in [7, 11) is 0. The first kappa shape index (κ1) is 13.5.